The Balaban J connectivity index is 1.30. The van der Waals surface area contributed by atoms with Gasteiger partial charge in [-0.1, -0.05) is 48.9 Å². The van der Waals surface area contributed by atoms with E-state index in [0.717, 1.165) is 51.4 Å². The second-order valence-electron chi connectivity index (χ2n) is 8.60. The van der Waals surface area contributed by atoms with E-state index in [9.17, 15) is 9.90 Å². The SMILES string of the molecule is O=c1occ(CN2CCCCC2)c(O)c1CN1CCN(C/C=C/c2ccccc2)CC1. The molecule has 6 nitrogen and oxygen atoms in total. The Morgan fingerprint density at radius 2 is 1.55 bits per heavy atom. The van der Waals surface area contributed by atoms with Crippen molar-refractivity contribution < 1.29 is 9.52 Å². The van der Waals surface area contributed by atoms with Gasteiger partial charge in [0.1, 0.15) is 12.0 Å². The van der Waals surface area contributed by atoms with Crippen LogP contribution in [0, 0.1) is 0 Å². The smallest absolute Gasteiger partial charge is 0.343 e. The Morgan fingerprint density at radius 3 is 2.29 bits per heavy atom. The summed E-state index contributed by atoms with van der Waals surface area (Å²) in [5.74, 6) is 0.120. The number of piperazine rings is 1. The quantitative estimate of drug-likeness (QED) is 0.738. The van der Waals surface area contributed by atoms with E-state index >= 15 is 0 Å². The van der Waals surface area contributed by atoms with Gasteiger partial charge in [0.2, 0.25) is 0 Å². The molecule has 2 aromatic rings. The number of nitrogens with zero attached hydrogens (tertiary/aromatic N) is 3. The van der Waals surface area contributed by atoms with Gasteiger partial charge >= 0.3 is 5.63 Å². The topological polar surface area (TPSA) is 60.2 Å². The third kappa shape index (κ3) is 6.06. The van der Waals surface area contributed by atoms with Gasteiger partial charge in [0.05, 0.1) is 5.56 Å². The summed E-state index contributed by atoms with van der Waals surface area (Å²) in [5, 5.41) is 10.8. The zero-order valence-electron chi connectivity index (χ0n) is 18.2. The highest BCUT2D eigenvalue weighted by molar-refractivity contribution is 5.48. The van der Waals surface area contributed by atoms with E-state index < -0.39 is 5.63 Å². The molecular formula is C25H33N3O3. The lowest BCUT2D eigenvalue weighted by Gasteiger charge is -2.34. The first-order chi connectivity index (χ1) is 15.2. The Hall–Kier alpha value is -2.41. The van der Waals surface area contributed by atoms with E-state index in [1.54, 1.807) is 0 Å². The second-order valence-corrected chi connectivity index (χ2v) is 8.60. The van der Waals surface area contributed by atoms with E-state index in [1.807, 2.05) is 18.2 Å². The Labute approximate surface area is 184 Å². The largest absolute Gasteiger partial charge is 0.507 e. The molecule has 0 bridgehead atoms. The minimum absolute atomic E-state index is 0.120. The maximum absolute atomic E-state index is 12.3. The molecule has 0 spiro atoms. The number of piperidine rings is 1. The van der Waals surface area contributed by atoms with Crippen LogP contribution in [0.1, 0.15) is 36.0 Å². The molecule has 1 aromatic carbocycles. The molecule has 3 heterocycles. The molecule has 0 saturated carbocycles. The first-order valence-electron chi connectivity index (χ1n) is 11.4. The summed E-state index contributed by atoms with van der Waals surface area (Å²) in [5.41, 5.74) is 1.91. The molecule has 0 amide bonds. The summed E-state index contributed by atoms with van der Waals surface area (Å²) in [6.45, 7) is 7.70. The van der Waals surface area contributed by atoms with Gasteiger partial charge in [-0.15, -0.1) is 0 Å². The fraction of sp³-hybridized carbons (Fsp3) is 0.480. The van der Waals surface area contributed by atoms with Crippen molar-refractivity contribution in [2.45, 2.75) is 32.4 Å². The average molecular weight is 424 g/mol. The van der Waals surface area contributed by atoms with E-state index in [1.165, 1.54) is 31.1 Å². The Kier molecular flexibility index (Phi) is 7.57. The van der Waals surface area contributed by atoms with Gasteiger partial charge in [0, 0.05) is 51.4 Å². The molecule has 4 rings (SSSR count). The monoisotopic (exact) mass is 423 g/mol. The minimum atomic E-state index is -0.423. The predicted octanol–water partition coefficient (Wildman–Crippen LogP) is 3.16. The van der Waals surface area contributed by atoms with Crippen molar-refractivity contribution in [1.29, 1.82) is 0 Å². The molecule has 2 fully saturated rings. The molecular weight excluding hydrogens is 390 g/mol. The van der Waals surface area contributed by atoms with Crippen molar-refractivity contribution >= 4 is 6.08 Å². The zero-order valence-corrected chi connectivity index (χ0v) is 18.2. The highest BCUT2D eigenvalue weighted by atomic mass is 16.4. The van der Waals surface area contributed by atoms with Crippen molar-refractivity contribution in [2.24, 2.45) is 0 Å². The first-order valence-corrected chi connectivity index (χ1v) is 11.4. The zero-order chi connectivity index (χ0) is 21.5. The van der Waals surface area contributed by atoms with Crippen molar-refractivity contribution in [3.05, 3.63) is 69.8 Å². The van der Waals surface area contributed by atoms with E-state index in [0.29, 0.717) is 18.7 Å². The lowest BCUT2D eigenvalue weighted by atomic mass is 10.1. The summed E-state index contributed by atoms with van der Waals surface area (Å²) < 4.78 is 5.28. The number of benzene rings is 1. The summed E-state index contributed by atoms with van der Waals surface area (Å²) in [7, 11) is 0. The second kappa shape index (κ2) is 10.8. The lowest BCUT2D eigenvalue weighted by molar-refractivity contribution is 0.134. The molecule has 0 radical (unpaired) electrons. The van der Waals surface area contributed by atoms with Crippen LogP contribution in [0.25, 0.3) is 6.08 Å². The molecule has 2 saturated heterocycles. The van der Waals surface area contributed by atoms with E-state index in [4.69, 9.17) is 4.42 Å². The van der Waals surface area contributed by atoms with Gasteiger partial charge < -0.3 is 9.52 Å². The standard InChI is InChI=1S/C25H33N3O3/c29-24-22(18-27-11-5-2-6-12-27)20-31-25(30)23(24)19-28-16-14-26(15-17-28)13-7-10-21-8-3-1-4-9-21/h1,3-4,7-10,20,29H,2,5-6,11-19H2/b10-7+. The maximum Gasteiger partial charge on any atom is 0.343 e. The molecule has 31 heavy (non-hydrogen) atoms. The van der Waals surface area contributed by atoms with Crippen LogP contribution in [0.2, 0.25) is 0 Å². The molecule has 0 atom stereocenters. The van der Waals surface area contributed by atoms with Gasteiger partial charge in [0.15, 0.2) is 0 Å². The molecule has 1 aromatic heterocycles. The van der Waals surface area contributed by atoms with Crippen LogP contribution < -0.4 is 5.63 Å². The fourth-order valence-corrected chi connectivity index (χ4v) is 4.41. The number of rotatable bonds is 7. The van der Waals surface area contributed by atoms with Crippen LogP contribution >= 0.6 is 0 Å². The molecule has 2 aliphatic heterocycles. The number of hydrogen-bond acceptors (Lipinski definition) is 6. The highest BCUT2D eigenvalue weighted by Crippen LogP contribution is 2.24. The number of hydrogen-bond donors (Lipinski definition) is 1. The van der Waals surface area contributed by atoms with Crippen molar-refractivity contribution in [2.75, 3.05) is 45.8 Å². The molecule has 6 heteroatoms. The van der Waals surface area contributed by atoms with Gasteiger partial charge in [-0.25, -0.2) is 4.79 Å². The van der Waals surface area contributed by atoms with E-state index in [-0.39, 0.29) is 5.75 Å². The molecule has 166 valence electrons. The van der Waals surface area contributed by atoms with Crippen LogP contribution in [0.4, 0.5) is 0 Å². The number of likely N-dealkylation sites (tertiary alicyclic amines) is 1. The summed E-state index contributed by atoms with van der Waals surface area (Å²) in [6, 6.07) is 10.3. The fourth-order valence-electron chi connectivity index (χ4n) is 4.41. The molecule has 1 N–H and O–H groups in total. The predicted molar refractivity (Wildman–Crippen MR) is 123 cm³/mol. The molecule has 0 aliphatic carbocycles. The van der Waals surface area contributed by atoms with Crippen molar-refractivity contribution in [3.63, 3.8) is 0 Å². The first kappa shape index (κ1) is 21.8. The van der Waals surface area contributed by atoms with E-state index in [2.05, 4.69) is 39.0 Å². The van der Waals surface area contributed by atoms with Crippen LogP contribution in [0.15, 0.2) is 51.9 Å². The summed E-state index contributed by atoms with van der Waals surface area (Å²) in [6.07, 6.45) is 9.45. The third-order valence-corrected chi connectivity index (χ3v) is 6.31. The summed E-state index contributed by atoms with van der Waals surface area (Å²) in [4.78, 5) is 19.3. The van der Waals surface area contributed by atoms with Gasteiger partial charge in [-0.05, 0) is 31.5 Å². The normalized spacial score (nSPS) is 19.2. The highest BCUT2D eigenvalue weighted by Gasteiger charge is 2.22. The Bertz CT molecular complexity index is 911. The van der Waals surface area contributed by atoms with Crippen LogP contribution in [0.5, 0.6) is 5.75 Å². The Morgan fingerprint density at radius 1 is 0.871 bits per heavy atom. The van der Waals surface area contributed by atoms with Crippen LogP contribution in [-0.2, 0) is 13.1 Å². The molecule has 2 aliphatic rings. The van der Waals surface area contributed by atoms with Gasteiger partial charge in [0.25, 0.3) is 0 Å². The summed E-state index contributed by atoms with van der Waals surface area (Å²) >= 11 is 0. The van der Waals surface area contributed by atoms with Crippen molar-refractivity contribution in [3.8, 4) is 5.75 Å². The maximum atomic E-state index is 12.3. The van der Waals surface area contributed by atoms with Gasteiger partial charge in [-0.3, -0.25) is 14.7 Å². The van der Waals surface area contributed by atoms with Crippen LogP contribution in [-0.4, -0.2) is 65.6 Å². The lowest BCUT2D eigenvalue weighted by Crippen LogP contribution is -2.46. The number of aromatic hydroxyl groups is 1. The average Bonchev–Trinajstić information content (AvgIpc) is 2.81. The molecule has 0 unspecified atom stereocenters. The van der Waals surface area contributed by atoms with Crippen LogP contribution in [0.3, 0.4) is 0 Å². The minimum Gasteiger partial charge on any atom is -0.507 e. The third-order valence-electron chi connectivity index (χ3n) is 6.31. The van der Waals surface area contributed by atoms with Gasteiger partial charge in [-0.2, -0.15) is 0 Å². The van der Waals surface area contributed by atoms with Crippen molar-refractivity contribution in [1.82, 2.24) is 14.7 Å².